The van der Waals surface area contributed by atoms with Gasteiger partial charge in [0.15, 0.2) is 0 Å². The van der Waals surface area contributed by atoms with Gasteiger partial charge in [0.2, 0.25) is 0 Å². The van der Waals surface area contributed by atoms with Crippen LogP contribution >= 0.6 is 11.3 Å². The lowest BCUT2D eigenvalue weighted by molar-refractivity contribution is 1.18. The average Bonchev–Trinajstić information content (AvgIpc) is 3.71. The molecule has 10 rings (SSSR count). The van der Waals surface area contributed by atoms with Gasteiger partial charge in [0.05, 0.1) is 11.0 Å². The van der Waals surface area contributed by atoms with Crippen LogP contribution in [0.25, 0.3) is 69.6 Å². The second-order valence-corrected chi connectivity index (χ2v) is 13.7. The molecule has 0 N–H and O–H groups in total. The number of fused-ring (bicyclic) bond motifs is 8. The van der Waals surface area contributed by atoms with Gasteiger partial charge in [0, 0.05) is 53.7 Å². The van der Waals surface area contributed by atoms with Crippen LogP contribution in [-0.2, 0) is 0 Å². The Hall–Kier alpha value is -6.16. The Morgan fingerprint density at radius 3 is 1.80 bits per heavy atom. The normalized spacial score (nSPS) is 11.7. The number of aromatic nitrogens is 1. The number of anilines is 3. The van der Waals surface area contributed by atoms with E-state index in [1.54, 1.807) is 0 Å². The van der Waals surface area contributed by atoms with Crippen LogP contribution in [0.15, 0.2) is 182 Å². The van der Waals surface area contributed by atoms with Gasteiger partial charge in [-0.15, -0.1) is 11.3 Å². The van der Waals surface area contributed by atoms with Gasteiger partial charge in [-0.1, -0.05) is 109 Å². The molecule has 0 aliphatic rings. The van der Waals surface area contributed by atoms with E-state index in [0.717, 1.165) is 22.7 Å². The minimum Gasteiger partial charge on any atom is -0.310 e. The molecular formula is C46H30N2S. The first-order chi connectivity index (χ1) is 24.3. The second-order valence-electron chi connectivity index (χ2n) is 12.6. The third-order valence-electron chi connectivity index (χ3n) is 9.76. The first kappa shape index (κ1) is 27.9. The van der Waals surface area contributed by atoms with E-state index < -0.39 is 0 Å². The van der Waals surface area contributed by atoms with Gasteiger partial charge < -0.3 is 9.47 Å². The molecule has 0 unspecified atom stereocenters. The van der Waals surface area contributed by atoms with Crippen LogP contribution in [0.3, 0.4) is 0 Å². The van der Waals surface area contributed by atoms with Crippen molar-refractivity contribution in [1.82, 2.24) is 4.57 Å². The first-order valence-electron chi connectivity index (χ1n) is 16.7. The summed E-state index contributed by atoms with van der Waals surface area (Å²) in [4.78, 5) is 2.41. The van der Waals surface area contributed by atoms with E-state index in [9.17, 15) is 0 Å². The van der Waals surface area contributed by atoms with Crippen molar-refractivity contribution >= 4 is 81.1 Å². The maximum Gasteiger partial charge on any atom is 0.0542 e. The molecule has 0 radical (unpaired) electrons. The summed E-state index contributed by atoms with van der Waals surface area (Å²) < 4.78 is 5.00. The monoisotopic (exact) mass is 642 g/mol. The SMILES string of the molecule is c1ccc(-c2ccc(N(c3ccc4sc5ccc6ccccc6c5c4c3)c3ccc4c(c3)c3ccccc3n4-c3ccccc3)cc2)cc1. The number of benzene rings is 8. The van der Waals surface area contributed by atoms with Gasteiger partial charge in [-0.3, -0.25) is 0 Å². The highest BCUT2D eigenvalue weighted by Crippen LogP contribution is 2.44. The summed E-state index contributed by atoms with van der Waals surface area (Å²) in [6.45, 7) is 0. The molecule has 2 nitrogen and oxygen atoms in total. The highest BCUT2D eigenvalue weighted by molar-refractivity contribution is 7.26. The van der Waals surface area contributed by atoms with E-state index in [1.165, 1.54) is 63.9 Å². The molecule has 2 heterocycles. The van der Waals surface area contributed by atoms with Gasteiger partial charge in [0.1, 0.15) is 0 Å². The summed E-state index contributed by atoms with van der Waals surface area (Å²) in [5, 5.41) is 7.68. The molecule has 0 spiro atoms. The van der Waals surface area contributed by atoms with Gasteiger partial charge in [0.25, 0.3) is 0 Å². The van der Waals surface area contributed by atoms with Crippen molar-refractivity contribution in [3.05, 3.63) is 182 Å². The Labute approximate surface area is 288 Å². The van der Waals surface area contributed by atoms with E-state index in [4.69, 9.17) is 0 Å². The Morgan fingerprint density at radius 2 is 0.980 bits per heavy atom. The third-order valence-corrected chi connectivity index (χ3v) is 10.9. The van der Waals surface area contributed by atoms with Crippen molar-refractivity contribution in [3.8, 4) is 16.8 Å². The molecule has 8 aromatic carbocycles. The zero-order valence-electron chi connectivity index (χ0n) is 26.6. The van der Waals surface area contributed by atoms with Crippen LogP contribution in [-0.4, -0.2) is 4.57 Å². The highest BCUT2D eigenvalue weighted by Gasteiger charge is 2.19. The molecule has 0 amide bonds. The fourth-order valence-corrected chi connectivity index (χ4v) is 8.61. The number of rotatable bonds is 5. The molecule has 0 saturated heterocycles. The van der Waals surface area contributed by atoms with E-state index in [0.29, 0.717) is 0 Å². The Balaban J connectivity index is 1.21. The number of hydrogen-bond acceptors (Lipinski definition) is 2. The molecule has 3 heteroatoms. The van der Waals surface area contributed by atoms with Crippen molar-refractivity contribution in [2.45, 2.75) is 0 Å². The number of nitrogens with zero attached hydrogens (tertiary/aromatic N) is 2. The van der Waals surface area contributed by atoms with Gasteiger partial charge in [-0.2, -0.15) is 0 Å². The zero-order chi connectivity index (χ0) is 32.3. The van der Waals surface area contributed by atoms with Crippen LogP contribution < -0.4 is 4.90 Å². The Bertz CT molecular complexity index is 2810. The van der Waals surface area contributed by atoms with E-state index in [1.807, 2.05) is 11.3 Å². The zero-order valence-corrected chi connectivity index (χ0v) is 27.4. The Kier molecular flexibility index (Phi) is 6.39. The highest BCUT2D eigenvalue weighted by atomic mass is 32.1. The van der Waals surface area contributed by atoms with Crippen molar-refractivity contribution in [2.24, 2.45) is 0 Å². The van der Waals surface area contributed by atoms with E-state index in [-0.39, 0.29) is 0 Å². The van der Waals surface area contributed by atoms with Gasteiger partial charge >= 0.3 is 0 Å². The molecule has 0 bridgehead atoms. The van der Waals surface area contributed by atoms with Crippen LogP contribution in [0, 0.1) is 0 Å². The standard InChI is InChI=1S/C46H30N2S/c1-3-11-31(12-4-1)32-19-22-35(23-20-32)47(37-25-28-44-41(30-37)46-38-16-8-7-13-33(38)21-27-45(46)49-44)36-24-26-43-40(29-36)39-17-9-10-18-42(39)48(43)34-14-5-2-6-15-34/h1-30H. The molecule has 230 valence electrons. The lowest BCUT2D eigenvalue weighted by atomic mass is 10.0. The van der Waals surface area contributed by atoms with Crippen molar-refractivity contribution in [3.63, 3.8) is 0 Å². The summed E-state index contributed by atoms with van der Waals surface area (Å²) >= 11 is 1.87. The molecule has 49 heavy (non-hydrogen) atoms. The fraction of sp³-hybridized carbons (Fsp3) is 0. The summed E-state index contributed by atoms with van der Waals surface area (Å²) in [5.74, 6) is 0. The minimum absolute atomic E-state index is 1.12. The van der Waals surface area contributed by atoms with E-state index >= 15 is 0 Å². The van der Waals surface area contributed by atoms with Crippen LogP contribution in [0.4, 0.5) is 17.1 Å². The average molecular weight is 643 g/mol. The molecule has 0 atom stereocenters. The van der Waals surface area contributed by atoms with Crippen LogP contribution in [0.5, 0.6) is 0 Å². The molecule has 10 aromatic rings. The van der Waals surface area contributed by atoms with Crippen LogP contribution in [0.1, 0.15) is 0 Å². The summed E-state index contributed by atoms with van der Waals surface area (Å²) in [5.41, 5.74) is 9.37. The van der Waals surface area contributed by atoms with Crippen molar-refractivity contribution < 1.29 is 0 Å². The largest absolute Gasteiger partial charge is 0.310 e. The third kappa shape index (κ3) is 4.55. The maximum atomic E-state index is 2.41. The maximum absolute atomic E-state index is 2.41. The number of hydrogen-bond donors (Lipinski definition) is 0. The van der Waals surface area contributed by atoms with Crippen molar-refractivity contribution in [2.75, 3.05) is 4.90 Å². The van der Waals surface area contributed by atoms with Crippen LogP contribution in [0.2, 0.25) is 0 Å². The summed E-state index contributed by atoms with van der Waals surface area (Å²) in [7, 11) is 0. The lowest BCUT2D eigenvalue weighted by Gasteiger charge is -2.26. The first-order valence-corrected chi connectivity index (χ1v) is 17.5. The topological polar surface area (TPSA) is 8.17 Å². The predicted octanol–water partition coefficient (Wildman–Crippen LogP) is 13.4. The fourth-order valence-electron chi connectivity index (χ4n) is 7.51. The smallest absolute Gasteiger partial charge is 0.0542 e. The summed E-state index contributed by atoms with van der Waals surface area (Å²) in [6, 6.07) is 66.2. The molecule has 0 saturated carbocycles. The molecule has 0 aliphatic carbocycles. The van der Waals surface area contributed by atoms with E-state index in [2.05, 4.69) is 191 Å². The number of para-hydroxylation sites is 2. The Morgan fingerprint density at radius 1 is 0.388 bits per heavy atom. The number of thiophene rings is 1. The molecular weight excluding hydrogens is 613 g/mol. The summed E-state index contributed by atoms with van der Waals surface area (Å²) in [6.07, 6.45) is 0. The predicted molar refractivity (Wildman–Crippen MR) is 211 cm³/mol. The molecule has 2 aromatic heterocycles. The second kappa shape index (κ2) is 11.2. The quantitative estimate of drug-likeness (QED) is 0.181. The minimum atomic E-state index is 1.12. The lowest BCUT2D eigenvalue weighted by Crippen LogP contribution is -2.09. The van der Waals surface area contributed by atoms with Crippen molar-refractivity contribution in [1.29, 1.82) is 0 Å². The van der Waals surface area contributed by atoms with Gasteiger partial charge in [-0.05, 0) is 94.7 Å². The molecule has 0 fully saturated rings. The molecule has 0 aliphatic heterocycles. The van der Waals surface area contributed by atoms with Gasteiger partial charge in [-0.25, -0.2) is 0 Å².